The molecule has 0 saturated carbocycles. The maximum Gasteiger partial charge on any atom is 0.249 e. The van der Waals surface area contributed by atoms with Crippen molar-refractivity contribution in [3.05, 3.63) is 71.8 Å². The molecule has 0 heterocycles. The molecule has 0 unspecified atom stereocenters. The molecule has 130 valence electrons. The Balaban J connectivity index is 2.36. The van der Waals surface area contributed by atoms with E-state index in [2.05, 4.69) is 0 Å². The molecule has 0 aliphatic rings. The second-order valence-corrected chi connectivity index (χ2v) is 5.88. The van der Waals surface area contributed by atoms with E-state index in [4.69, 9.17) is 22.9 Å². The van der Waals surface area contributed by atoms with E-state index in [1.54, 1.807) is 60.7 Å². The molecular weight excluding hydrogens is 328 g/mol. The van der Waals surface area contributed by atoms with Gasteiger partial charge in [0, 0.05) is 22.5 Å². The monoisotopic (exact) mass is 346 g/mol. The molecule has 0 fully saturated rings. The number of hydrogen-bond acceptors (Lipinski definition) is 4. The molecule has 6 heteroatoms. The van der Waals surface area contributed by atoms with Crippen LogP contribution in [0.4, 0.5) is 11.4 Å². The Morgan fingerprint density at radius 2 is 1.12 bits per heavy atom. The predicted octanol–water partition coefficient (Wildman–Crippen LogP) is 2.38. The third-order valence-corrected chi connectivity index (χ3v) is 4.14. The number of carbonyl (C=O) groups is 2. The van der Waals surface area contributed by atoms with Gasteiger partial charge in [0.15, 0.2) is 0 Å². The van der Waals surface area contributed by atoms with Crippen molar-refractivity contribution in [1.29, 1.82) is 0 Å². The third-order valence-electron chi connectivity index (χ3n) is 4.14. The van der Waals surface area contributed by atoms with Crippen LogP contribution in [-0.4, -0.2) is 11.8 Å². The van der Waals surface area contributed by atoms with Gasteiger partial charge in [0.1, 0.15) is 0 Å². The third kappa shape index (κ3) is 3.08. The fourth-order valence-electron chi connectivity index (χ4n) is 2.92. The highest BCUT2D eigenvalue weighted by Gasteiger charge is 2.22. The average Bonchev–Trinajstić information content (AvgIpc) is 2.61. The molecule has 0 aliphatic carbocycles. The highest BCUT2D eigenvalue weighted by atomic mass is 16.1. The van der Waals surface area contributed by atoms with E-state index >= 15 is 0 Å². The Morgan fingerprint density at radius 1 is 0.615 bits per heavy atom. The zero-order chi connectivity index (χ0) is 18.8. The Bertz CT molecular complexity index is 994. The van der Waals surface area contributed by atoms with Gasteiger partial charge in [-0.1, -0.05) is 30.3 Å². The largest absolute Gasteiger partial charge is 0.399 e. The summed E-state index contributed by atoms with van der Waals surface area (Å²) in [6, 6.07) is 17.1. The number of benzene rings is 3. The van der Waals surface area contributed by atoms with E-state index in [1.807, 2.05) is 0 Å². The molecule has 0 bridgehead atoms. The fourth-order valence-corrected chi connectivity index (χ4v) is 2.92. The smallest absolute Gasteiger partial charge is 0.249 e. The van der Waals surface area contributed by atoms with Crippen LogP contribution in [0.2, 0.25) is 0 Å². The van der Waals surface area contributed by atoms with Crippen LogP contribution in [0.15, 0.2) is 60.7 Å². The van der Waals surface area contributed by atoms with Crippen molar-refractivity contribution in [2.24, 2.45) is 11.5 Å². The van der Waals surface area contributed by atoms with Crippen LogP contribution < -0.4 is 22.9 Å². The molecule has 0 aliphatic heterocycles. The molecule has 3 aromatic rings. The van der Waals surface area contributed by atoms with Gasteiger partial charge in [0.25, 0.3) is 0 Å². The van der Waals surface area contributed by atoms with Crippen LogP contribution in [-0.2, 0) is 0 Å². The lowest BCUT2D eigenvalue weighted by Crippen LogP contribution is -2.19. The Labute approximate surface area is 150 Å². The van der Waals surface area contributed by atoms with Crippen molar-refractivity contribution in [1.82, 2.24) is 0 Å². The van der Waals surface area contributed by atoms with Crippen molar-refractivity contribution >= 4 is 23.2 Å². The van der Waals surface area contributed by atoms with E-state index in [0.717, 1.165) is 5.56 Å². The molecule has 0 atom stereocenters. The summed E-state index contributed by atoms with van der Waals surface area (Å²) in [5.74, 6) is -1.31. The van der Waals surface area contributed by atoms with E-state index in [0.29, 0.717) is 28.1 Å². The van der Waals surface area contributed by atoms with Crippen LogP contribution in [0.5, 0.6) is 0 Å². The quantitative estimate of drug-likeness (QED) is 0.539. The second kappa shape index (κ2) is 6.60. The summed E-state index contributed by atoms with van der Waals surface area (Å²) < 4.78 is 0. The number of hydrogen-bond donors (Lipinski definition) is 4. The number of primary amides is 2. The summed E-state index contributed by atoms with van der Waals surface area (Å²) in [5.41, 5.74) is 26.6. The zero-order valence-corrected chi connectivity index (χ0v) is 13.9. The Hall–Kier alpha value is -3.80. The van der Waals surface area contributed by atoms with Crippen LogP contribution in [0.25, 0.3) is 22.3 Å². The first kappa shape index (κ1) is 17.0. The normalized spacial score (nSPS) is 10.5. The van der Waals surface area contributed by atoms with Gasteiger partial charge < -0.3 is 22.9 Å². The minimum atomic E-state index is -0.660. The summed E-state index contributed by atoms with van der Waals surface area (Å²) in [6.45, 7) is 0. The Morgan fingerprint density at radius 3 is 1.58 bits per heavy atom. The summed E-state index contributed by atoms with van der Waals surface area (Å²) in [6.07, 6.45) is 0. The molecule has 0 spiro atoms. The molecule has 0 saturated heterocycles. The molecule has 2 amide bonds. The highest BCUT2D eigenvalue weighted by Crippen LogP contribution is 2.35. The first-order valence-corrected chi connectivity index (χ1v) is 7.87. The highest BCUT2D eigenvalue weighted by molar-refractivity contribution is 6.12. The lowest BCUT2D eigenvalue weighted by molar-refractivity contribution is 0.0999. The molecule has 6 nitrogen and oxygen atoms in total. The molecule has 26 heavy (non-hydrogen) atoms. The zero-order valence-electron chi connectivity index (χ0n) is 13.9. The SMILES string of the molecule is NC(=O)c1ccc(-c2ccc(N)cc2)c(C(N)=O)c1-c1ccc(N)cc1. The number of rotatable bonds is 4. The van der Waals surface area contributed by atoms with E-state index < -0.39 is 11.8 Å². The summed E-state index contributed by atoms with van der Waals surface area (Å²) in [4.78, 5) is 24.3. The first-order valence-electron chi connectivity index (χ1n) is 7.87. The fraction of sp³-hybridized carbons (Fsp3) is 0. The van der Waals surface area contributed by atoms with E-state index in [1.165, 1.54) is 0 Å². The van der Waals surface area contributed by atoms with Gasteiger partial charge >= 0.3 is 0 Å². The predicted molar refractivity (Wildman–Crippen MR) is 103 cm³/mol. The van der Waals surface area contributed by atoms with Crippen molar-refractivity contribution in [2.45, 2.75) is 0 Å². The summed E-state index contributed by atoms with van der Waals surface area (Å²) >= 11 is 0. The maximum absolute atomic E-state index is 12.3. The minimum absolute atomic E-state index is 0.211. The van der Waals surface area contributed by atoms with Crippen LogP contribution in [0.1, 0.15) is 20.7 Å². The molecule has 3 aromatic carbocycles. The van der Waals surface area contributed by atoms with Gasteiger partial charge in [-0.25, -0.2) is 0 Å². The lowest BCUT2D eigenvalue weighted by Gasteiger charge is -2.16. The molecular formula is C20H18N4O2. The second-order valence-electron chi connectivity index (χ2n) is 5.88. The molecule has 3 rings (SSSR count). The van der Waals surface area contributed by atoms with Crippen LogP contribution in [0, 0.1) is 0 Å². The molecule has 8 N–H and O–H groups in total. The molecule has 0 radical (unpaired) electrons. The first-order chi connectivity index (χ1) is 12.4. The number of nitrogen functional groups attached to an aromatic ring is 2. The van der Waals surface area contributed by atoms with Crippen LogP contribution in [0.3, 0.4) is 0 Å². The van der Waals surface area contributed by atoms with Gasteiger partial charge in [-0.15, -0.1) is 0 Å². The molecule has 0 aromatic heterocycles. The van der Waals surface area contributed by atoms with Gasteiger partial charge in [0.2, 0.25) is 11.8 Å². The topological polar surface area (TPSA) is 138 Å². The number of carbonyl (C=O) groups excluding carboxylic acids is 2. The van der Waals surface area contributed by atoms with Crippen molar-refractivity contribution in [2.75, 3.05) is 11.5 Å². The van der Waals surface area contributed by atoms with Gasteiger partial charge in [-0.2, -0.15) is 0 Å². The van der Waals surface area contributed by atoms with Crippen molar-refractivity contribution < 1.29 is 9.59 Å². The van der Waals surface area contributed by atoms with Crippen LogP contribution >= 0.6 is 0 Å². The van der Waals surface area contributed by atoms with E-state index in [-0.39, 0.29) is 11.1 Å². The standard InChI is InChI=1S/C20H18N4O2/c21-13-5-1-11(2-6-13)15-9-10-16(19(23)25)17(18(15)20(24)26)12-3-7-14(22)8-4-12/h1-10H,21-22H2,(H2,23,25)(H2,24,26). The van der Waals surface area contributed by atoms with Gasteiger partial charge in [-0.3, -0.25) is 9.59 Å². The van der Waals surface area contributed by atoms with E-state index in [9.17, 15) is 9.59 Å². The van der Waals surface area contributed by atoms with Gasteiger partial charge in [-0.05, 0) is 47.0 Å². The summed E-state index contributed by atoms with van der Waals surface area (Å²) in [5, 5.41) is 0. The van der Waals surface area contributed by atoms with Crippen molar-refractivity contribution in [3.63, 3.8) is 0 Å². The lowest BCUT2D eigenvalue weighted by atomic mass is 9.87. The summed E-state index contributed by atoms with van der Waals surface area (Å²) in [7, 11) is 0. The minimum Gasteiger partial charge on any atom is -0.399 e. The average molecular weight is 346 g/mol. The Kier molecular flexibility index (Phi) is 4.33. The van der Waals surface area contributed by atoms with Crippen molar-refractivity contribution in [3.8, 4) is 22.3 Å². The number of anilines is 2. The number of nitrogens with two attached hydrogens (primary N) is 4. The maximum atomic E-state index is 12.3. The number of amides is 2. The van der Waals surface area contributed by atoms with Gasteiger partial charge in [0.05, 0.1) is 5.56 Å².